The van der Waals surface area contributed by atoms with Crippen molar-refractivity contribution < 1.29 is 0 Å². The lowest BCUT2D eigenvalue weighted by Gasteiger charge is -2.09. The number of benzene rings is 2. The highest BCUT2D eigenvalue weighted by molar-refractivity contribution is 5.80. The molecule has 0 atom stereocenters. The Bertz CT molecular complexity index is 644. The van der Waals surface area contributed by atoms with Gasteiger partial charge < -0.3 is 0 Å². The van der Waals surface area contributed by atoms with Crippen molar-refractivity contribution in [1.82, 2.24) is 0 Å². The van der Waals surface area contributed by atoms with E-state index in [-0.39, 0.29) is 0 Å². The predicted octanol–water partition coefficient (Wildman–Crippen LogP) is 6.05. The molecule has 0 heterocycles. The molecular weight excluding hydrogens is 252 g/mol. The smallest absolute Gasteiger partial charge is 0.00604 e. The lowest BCUT2D eigenvalue weighted by molar-refractivity contribution is 0.717. The molecule has 0 amide bonds. The molecule has 0 saturated carbocycles. The van der Waals surface area contributed by atoms with Gasteiger partial charge in [0.15, 0.2) is 0 Å². The van der Waals surface area contributed by atoms with Crippen LogP contribution in [0, 0.1) is 0 Å². The number of hydrogen-bond donors (Lipinski definition) is 0. The summed E-state index contributed by atoms with van der Waals surface area (Å²) < 4.78 is 0. The first-order valence-electron chi connectivity index (χ1n) is 8.16. The third-order valence-corrected chi connectivity index (χ3v) is 4.39. The Labute approximate surface area is 128 Å². The minimum atomic E-state index is 1.11. The first kappa shape index (κ1) is 14.1. The first-order valence-corrected chi connectivity index (χ1v) is 8.16. The van der Waals surface area contributed by atoms with Gasteiger partial charge in [-0.25, -0.2) is 0 Å². The van der Waals surface area contributed by atoms with Crippen LogP contribution >= 0.6 is 0 Å². The summed E-state index contributed by atoms with van der Waals surface area (Å²) in [5, 5.41) is 0. The molecule has 0 nitrogen and oxygen atoms in total. The fourth-order valence-corrected chi connectivity index (χ4v) is 3.22. The minimum Gasteiger partial charge on any atom is -0.0683 e. The van der Waals surface area contributed by atoms with Gasteiger partial charge in [-0.1, -0.05) is 73.9 Å². The zero-order valence-corrected chi connectivity index (χ0v) is 13.2. The molecule has 3 rings (SSSR count). The minimum absolute atomic E-state index is 1.11. The van der Waals surface area contributed by atoms with Crippen molar-refractivity contribution in [2.75, 3.05) is 0 Å². The van der Waals surface area contributed by atoms with Crippen molar-refractivity contribution in [2.24, 2.45) is 0 Å². The van der Waals surface area contributed by atoms with Crippen LogP contribution < -0.4 is 0 Å². The SMILES string of the molecule is CCCCCc1ccc(-c2cccc3c2C=C(C)C3)cc1. The second kappa shape index (κ2) is 6.30. The molecule has 2 aromatic carbocycles. The molecule has 0 N–H and O–H groups in total. The molecule has 0 heteroatoms. The van der Waals surface area contributed by atoms with E-state index in [4.69, 9.17) is 0 Å². The van der Waals surface area contributed by atoms with Crippen molar-refractivity contribution >= 4 is 6.08 Å². The van der Waals surface area contributed by atoms with Gasteiger partial charge in [0.1, 0.15) is 0 Å². The molecule has 0 unspecified atom stereocenters. The number of rotatable bonds is 5. The molecule has 1 aliphatic rings. The van der Waals surface area contributed by atoms with Crippen LogP contribution in [-0.2, 0) is 12.8 Å². The van der Waals surface area contributed by atoms with Gasteiger partial charge in [-0.2, -0.15) is 0 Å². The molecule has 21 heavy (non-hydrogen) atoms. The molecule has 0 saturated heterocycles. The number of hydrogen-bond acceptors (Lipinski definition) is 0. The molecule has 0 aromatic heterocycles. The number of allylic oxidation sites excluding steroid dienone is 1. The standard InChI is InChI=1S/C21H24/c1-3-4-5-7-17-10-12-18(13-11-17)20-9-6-8-19-14-16(2)15-21(19)20/h6,8-13,15H,3-5,7,14H2,1-2H3. The van der Waals surface area contributed by atoms with Crippen LogP contribution in [0.25, 0.3) is 17.2 Å². The van der Waals surface area contributed by atoms with E-state index in [1.807, 2.05) is 0 Å². The Hall–Kier alpha value is -1.82. The van der Waals surface area contributed by atoms with Crippen LogP contribution in [-0.4, -0.2) is 0 Å². The van der Waals surface area contributed by atoms with Crippen LogP contribution in [0.15, 0.2) is 48.0 Å². The van der Waals surface area contributed by atoms with Crippen LogP contribution in [0.2, 0.25) is 0 Å². The van der Waals surface area contributed by atoms with E-state index in [0.717, 1.165) is 6.42 Å². The van der Waals surface area contributed by atoms with Crippen molar-refractivity contribution in [3.63, 3.8) is 0 Å². The van der Waals surface area contributed by atoms with Crippen LogP contribution in [0.5, 0.6) is 0 Å². The first-order chi connectivity index (χ1) is 10.3. The maximum Gasteiger partial charge on any atom is -0.00604 e. The summed E-state index contributed by atoms with van der Waals surface area (Å²) in [5.41, 5.74) is 8.55. The molecule has 0 radical (unpaired) electrons. The van der Waals surface area contributed by atoms with E-state index >= 15 is 0 Å². The summed E-state index contributed by atoms with van der Waals surface area (Å²) in [4.78, 5) is 0. The van der Waals surface area contributed by atoms with Crippen molar-refractivity contribution in [1.29, 1.82) is 0 Å². The Balaban J connectivity index is 1.84. The zero-order valence-electron chi connectivity index (χ0n) is 13.2. The molecule has 0 bridgehead atoms. The topological polar surface area (TPSA) is 0 Å². The molecular formula is C21H24. The molecule has 0 fully saturated rings. The van der Waals surface area contributed by atoms with Crippen LogP contribution in [0.1, 0.15) is 49.8 Å². The lowest BCUT2D eigenvalue weighted by atomic mass is 9.96. The highest BCUT2D eigenvalue weighted by atomic mass is 14.2. The molecule has 0 aliphatic heterocycles. The molecule has 2 aromatic rings. The van der Waals surface area contributed by atoms with Gasteiger partial charge >= 0.3 is 0 Å². The Morgan fingerprint density at radius 3 is 2.52 bits per heavy atom. The Morgan fingerprint density at radius 2 is 1.76 bits per heavy atom. The predicted molar refractivity (Wildman–Crippen MR) is 92.5 cm³/mol. The third kappa shape index (κ3) is 3.10. The van der Waals surface area contributed by atoms with Crippen molar-refractivity contribution in [3.8, 4) is 11.1 Å². The van der Waals surface area contributed by atoms with Gasteiger partial charge in [-0.15, -0.1) is 0 Å². The van der Waals surface area contributed by atoms with Crippen molar-refractivity contribution in [3.05, 3.63) is 64.7 Å². The van der Waals surface area contributed by atoms with Crippen LogP contribution in [0.3, 0.4) is 0 Å². The van der Waals surface area contributed by atoms with E-state index in [1.165, 1.54) is 59.1 Å². The van der Waals surface area contributed by atoms with Gasteiger partial charge in [0.05, 0.1) is 0 Å². The Kier molecular flexibility index (Phi) is 4.24. The largest absolute Gasteiger partial charge is 0.0683 e. The zero-order chi connectivity index (χ0) is 14.7. The molecule has 108 valence electrons. The summed E-state index contributed by atoms with van der Waals surface area (Å²) in [6, 6.07) is 15.9. The summed E-state index contributed by atoms with van der Waals surface area (Å²) in [7, 11) is 0. The van der Waals surface area contributed by atoms with Crippen LogP contribution in [0.4, 0.5) is 0 Å². The summed E-state index contributed by atoms with van der Waals surface area (Å²) in [5.74, 6) is 0. The highest BCUT2D eigenvalue weighted by Crippen LogP contribution is 2.33. The summed E-state index contributed by atoms with van der Waals surface area (Å²) >= 11 is 0. The van der Waals surface area contributed by atoms with Gasteiger partial charge in [-0.3, -0.25) is 0 Å². The average molecular weight is 276 g/mol. The van der Waals surface area contributed by atoms with E-state index in [9.17, 15) is 0 Å². The van der Waals surface area contributed by atoms with Gasteiger partial charge in [-0.05, 0) is 54.0 Å². The maximum atomic E-state index is 2.35. The lowest BCUT2D eigenvalue weighted by Crippen LogP contribution is -1.89. The molecule has 1 aliphatic carbocycles. The quantitative estimate of drug-likeness (QED) is 0.583. The van der Waals surface area contributed by atoms with Gasteiger partial charge in [0, 0.05) is 0 Å². The second-order valence-electron chi connectivity index (χ2n) is 6.20. The summed E-state index contributed by atoms with van der Waals surface area (Å²) in [6.45, 7) is 4.48. The fraction of sp³-hybridized carbons (Fsp3) is 0.333. The normalized spacial score (nSPS) is 13.1. The number of unbranched alkanes of at least 4 members (excludes halogenated alkanes) is 2. The fourth-order valence-electron chi connectivity index (χ4n) is 3.22. The van der Waals surface area contributed by atoms with E-state index in [1.54, 1.807) is 0 Å². The monoisotopic (exact) mass is 276 g/mol. The molecule has 0 spiro atoms. The summed E-state index contributed by atoms with van der Waals surface area (Å²) in [6.07, 6.45) is 8.59. The van der Waals surface area contributed by atoms with E-state index in [2.05, 4.69) is 62.4 Å². The Morgan fingerprint density at radius 1 is 0.952 bits per heavy atom. The second-order valence-corrected chi connectivity index (χ2v) is 6.20. The number of fused-ring (bicyclic) bond motifs is 1. The van der Waals surface area contributed by atoms with E-state index in [0.29, 0.717) is 0 Å². The van der Waals surface area contributed by atoms with Crippen molar-refractivity contribution in [2.45, 2.75) is 46.0 Å². The average Bonchev–Trinajstić information content (AvgIpc) is 2.88. The van der Waals surface area contributed by atoms with E-state index < -0.39 is 0 Å². The third-order valence-electron chi connectivity index (χ3n) is 4.39. The highest BCUT2D eigenvalue weighted by Gasteiger charge is 2.13. The van der Waals surface area contributed by atoms with Gasteiger partial charge in [0.2, 0.25) is 0 Å². The van der Waals surface area contributed by atoms with Gasteiger partial charge in [0.25, 0.3) is 0 Å². The number of aryl methyl sites for hydroxylation is 1. The maximum absolute atomic E-state index is 2.35.